The van der Waals surface area contributed by atoms with Gasteiger partial charge < -0.3 is 20.1 Å². The fourth-order valence-corrected chi connectivity index (χ4v) is 5.58. The molecule has 0 bridgehead atoms. The van der Waals surface area contributed by atoms with Gasteiger partial charge in [0.1, 0.15) is 5.52 Å². The number of ether oxygens (including phenoxy) is 2. The number of carbonyl (C=O) groups excluding carboxylic acids is 1. The maximum absolute atomic E-state index is 13.2. The van der Waals surface area contributed by atoms with Gasteiger partial charge in [-0.3, -0.25) is 9.69 Å². The standard InChI is InChI=1S/C29H31F3N6O3S/c1-17(2)15-38-11-12-40-21(16-38)14-33-27-35-22(19-7-9-20(10-8-19)29(30,31)32)13-25(36-27)41-23-5-4-6-24-26(23)37-28(42-24)34-18(3)39/h4-10,13,17,21H,11-12,14-16H2,1-3H3,(H,33,35,36)(H,34,37,39). The van der Waals surface area contributed by atoms with Gasteiger partial charge in [-0.25, -0.2) is 9.97 Å². The van der Waals surface area contributed by atoms with Crippen molar-refractivity contribution in [2.75, 3.05) is 43.4 Å². The molecule has 9 nitrogen and oxygen atoms in total. The number of morpholine rings is 1. The normalized spacial score (nSPS) is 16.1. The molecular formula is C29H31F3N6O3S. The Morgan fingerprint density at radius 2 is 1.95 bits per heavy atom. The summed E-state index contributed by atoms with van der Waals surface area (Å²) < 4.78 is 52.4. The Labute approximate surface area is 245 Å². The topological polar surface area (TPSA) is 102 Å². The number of aromatic nitrogens is 3. The van der Waals surface area contributed by atoms with Crippen molar-refractivity contribution in [1.82, 2.24) is 19.9 Å². The summed E-state index contributed by atoms with van der Waals surface area (Å²) in [5, 5.41) is 6.34. The zero-order valence-electron chi connectivity index (χ0n) is 23.4. The van der Waals surface area contributed by atoms with Gasteiger partial charge in [0.05, 0.1) is 28.7 Å². The predicted octanol–water partition coefficient (Wildman–Crippen LogP) is 6.29. The molecule has 13 heteroatoms. The number of thiazole rings is 1. The third-order valence-corrected chi connectivity index (χ3v) is 7.36. The maximum atomic E-state index is 13.2. The molecule has 5 rings (SSSR count). The third kappa shape index (κ3) is 7.52. The minimum Gasteiger partial charge on any atom is -0.437 e. The number of nitrogens with one attached hydrogen (secondary N) is 2. The van der Waals surface area contributed by atoms with Crippen molar-refractivity contribution in [3.05, 3.63) is 54.1 Å². The molecule has 0 spiro atoms. The molecule has 0 saturated carbocycles. The van der Waals surface area contributed by atoms with Gasteiger partial charge in [-0.2, -0.15) is 18.2 Å². The molecule has 0 aliphatic carbocycles. The smallest absolute Gasteiger partial charge is 0.416 e. The van der Waals surface area contributed by atoms with Crippen LogP contribution in [-0.2, 0) is 15.7 Å². The molecule has 1 saturated heterocycles. The van der Waals surface area contributed by atoms with Crippen molar-refractivity contribution in [1.29, 1.82) is 0 Å². The van der Waals surface area contributed by atoms with Gasteiger partial charge in [0, 0.05) is 44.7 Å². The van der Waals surface area contributed by atoms with Crippen LogP contribution in [-0.4, -0.2) is 64.6 Å². The number of fused-ring (bicyclic) bond motifs is 1. The molecule has 0 radical (unpaired) electrons. The van der Waals surface area contributed by atoms with Crippen molar-refractivity contribution in [3.63, 3.8) is 0 Å². The van der Waals surface area contributed by atoms with E-state index < -0.39 is 11.7 Å². The van der Waals surface area contributed by atoms with Crippen LogP contribution in [0.1, 0.15) is 26.3 Å². The summed E-state index contributed by atoms with van der Waals surface area (Å²) in [5.74, 6) is 1.13. The van der Waals surface area contributed by atoms with Gasteiger partial charge in [-0.05, 0) is 30.2 Å². The highest BCUT2D eigenvalue weighted by Gasteiger charge is 2.30. The van der Waals surface area contributed by atoms with Crippen molar-refractivity contribution < 1.29 is 27.4 Å². The lowest BCUT2D eigenvalue weighted by atomic mass is 10.1. The Hall–Kier alpha value is -3.81. The minimum atomic E-state index is -4.45. The molecule has 2 aromatic heterocycles. The minimum absolute atomic E-state index is 0.0869. The van der Waals surface area contributed by atoms with Gasteiger partial charge in [-0.15, -0.1) is 0 Å². The average Bonchev–Trinajstić information content (AvgIpc) is 3.34. The number of anilines is 2. The van der Waals surface area contributed by atoms with Crippen LogP contribution < -0.4 is 15.4 Å². The number of amides is 1. The third-order valence-electron chi connectivity index (χ3n) is 6.42. The highest BCUT2D eigenvalue weighted by atomic mass is 32.1. The van der Waals surface area contributed by atoms with E-state index in [1.54, 1.807) is 18.2 Å². The molecule has 1 atom stereocenters. The number of para-hydroxylation sites is 1. The van der Waals surface area contributed by atoms with E-state index in [4.69, 9.17) is 9.47 Å². The van der Waals surface area contributed by atoms with Gasteiger partial charge >= 0.3 is 6.18 Å². The molecule has 1 unspecified atom stereocenters. The van der Waals surface area contributed by atoms with Crippen molar-refractivity contribution >= 4 is 38.5 Å². The van der Waals surface area contributed by atoms with Gasteiger partial charge in [-0.1, -0.05) is 43.4 Å². The van der Waals surface area contributed by atoms with Gasteiger partial charge in [0.25, 0.3) is 0 Å². The number of benzene rings is 2. The average molecular weight is 601 g/mol. The Balaban J connectivity index is 1.43. The number of rotatable bonds is 9. The molecule has 3 heterocycles. The number of carbonyl (C=O) groups is 1. The Morgan fingerprint density at radius 3 is 2.67 bits per heavy atom. The van der Waals surface area contributed by atoms with E-state index in [0.717, 1.165) is 36.5 Å². The molecule has 2 N–H and O–H groups in total. The van der Waals surface area contributed by atoms with Crippen molar-refractivity contribution in [2.45, 2.75) is 33.1 Å². The predicted molar refractivity (Wildman–Crippen MR) is 156 cm³/mol. The number of nitrogens with zero attached hydrogens (tertiary/aromatic N) is 4. The van der Waals surface area contributed by atoms with E-state index in [2.05, 4.69) is 44.3 Å². The first kappa shape index (κ1) is 29.7. The van der Waals surface area contributed by atoms with Crippen LogP contribution in [0.15, 0.2) is 48.5 Å². The summed E-state index contributed by atoms with van der Waals surface area (Å²) in [7, 11) is 0. The number of hydrogen-bond acceptors (Lipinski definition) is 9. The Bertz CT molecular complexity index is 1540. The summed E-state index contributed by atoms with van der Waals surface area (Å²) in [6.45, 7) is 9.43. The molecule has 1 amide bonds. The van der Waals surface area contributed by atoms with Crippen molar-refractivity contribution in [3.8, 4) is 22.9 Å². The lowest BCUT2D eigenvalue weighted by Crippen LogP contribution is -2.46. The zero-order valence-corrected chi connectivity index (χ0v) is 24.2. The zero-order chi connectivity index (χ0) is 29.9. The van der Waals surface area contributed by atoms with Crippen LogP contribution in [0, 0.1) is 5.92 Å². The van der Waals surface area contributed by atoms with Crippen LogP contribution >= 0.6 is 11.3 Å². The van der Waals surface area contributed by atoms with E-state index in [1.165, 1.54) is 30.4 Å². The van der Waals surface area contributed by atoms with Crippen LogP contribution in [0.3, 0.4) is 0 Å². The summed E-state index contributed by atoms with van der Waals surface area (Å²) in [4.78, 5) is 27.5. The first-order valence-corrected chi connectivity index (χ1v) is 14.3. The molecule has 1 aliphatic heterocycles. The quantitative estimate of drug-likeness (QED) is 0.231. The second kappa shape index (κ2) is 12.6. The van der Waals surface area contributed by atoms with Crippen molar-refractivity contribution in [2.24, 2.45) is 5.92 Å². The summed E-state index contributed by atoms with van der Waals surface area (Å²) >= 11 is 1.31. The van der Waals surface area contributed by atoms with Gasteiger partial charge in [0.2, 0.25) is 17.7 Å². The second-order valence-electron chi connectivity index (χ2n) is 10.4. The largest absolute Gasteiger partial charge is 0.437 e. The summed E-state index contributed by atoms with van der Waals surface area (Å²) in [5.41, 5.74) is 0.638. The molecule has 1 fully saturated rings. The Morgan fingerprint density at radius 1 is 1.17 bits per heavy atom. The molecule has 1 aliphatic rings. The number of halogens is 3. The van der Waals surface area contributed by atoms with Crippen LogP contribution in [0.4, 0.5) is 24.3 Å². The fourth-order valence-electron chi connectivity index (χ4n) is 4.65. The number of hydrogen-bond donors (Lipinski definition) is 2. The van der Waals surface area contributed by atoms with E-state index in [1.807, 2.05) is 6.07 Å². The van der Waals surface area contributed by atoms with E-state index in [9.17, 15) is 18.0 Å². The van der Waals surface area contributed by atoms with Gasteiger partial charge in [0.15, 0.2) is 10.9 Å². The molecule has 4 aromatic rings. The number of alkyl halides is 3. The van der Waals surface area contributed by atoms with E-state index >= 15 is 0 Å². The van der Waals surface area contributed by atoms with E-state index in [0.29, 0.717) is 46.7 Å². The van der Waals surface area contributed by atoms with E-state index in [-0.39, 0.29) is 23.8 Å². The second-order valence-corrected chi connectivity index (χ2v) is 11.5. The lowest BCUT2D eigenvalue weighted by molar-refractivity contribution is -0.137. The fraction of sp³-hybridized carbons (Fsp3) is 0.379. The monoisotopic (exact) mass is 600 g/mol. The highest BCUT2D eigenvalue weighted by molar-refractivity contribution is 7.22. The maximum Gasteiger partial charge on any atom is 0.416 e. The van der Waals surface area contributed by atoms with Crippen LogP contribution in [0.25, 0.3) is 21.5 Å². The molecule has 42 heavy (non-hydrogen) atoms. The Kier molecular flexibility index (Phi) is 8.90. The summed E-state index contributed by atoms with van der Waals surface area (Å²) in [6.07, 6.45) is -4.53. The molecule has 2 aromatic carbocycles. The SMILES string of the molecule is CC(=O)Nc1nc2c(Oc3cc(-c4ccc(C(F)(F)F)cc4)nc(NCC4CN(CC(C)C)CCO4)n3)cccc2s1. The first-order valence-electron chi connectivity index (χ1n) is 13.5. The first-order chi connectivity index (χ1) is 20.0. The summed E-state index contributed by atoms with van der Waals surface area (Å²) in [6, 6.07) is 11.7. The molecular weight excluding hydrogens is 569 g/mol. The van der Waals surface area contributed by atoms with Crippen LogP contribution in [0.2, 0.25) is 0 Å². The molecule has 222 valence electrons. The lowest BCUT2D eigenvalue weighted by Gasteiger charge is -2.34. The van der Waals surface area contributed by atoms with Crippen LogP contribution in [0.5, 0.6) is 11.6 Å². The highest BCUT2D eigenvalue weighted by Crippen LogP contribution is 2.36.